The lowest BCUT2D eigenvalue weighted by Crippen LogP contribution is -2.32. The Labute approximate surface area is 197 Å². The van der Waals surface area contributed by atoms with E-state index in [2.05, 4.69) is 5.32 Å². The van der Waals surface area contributed by atoms with Crippen molar-refractivity contribution in [1.82, 2.24) is 0 Å². The van der Waals surface area contributed by atoms with Crippen LogP contribution in [0.3, 0.4) is 0 Å². The van der Waals surface area contributed by atoms with Crippen molar-refractivity contribution < 1.29 is 19.1 Å². The summed E-state index contributed by atoms with van der Waals surface area (Å²) < 4.78 is 10.7. The number of anilines is 2. The van der Waals surface area contributed by atoms with Crippen LogP contribution in [-0.4, -0.2) is 26.0 Å². The molecule has 0 aromatic heterocycles. The van der Waals surface area contributed by atoms with E-state index < -0.39 is 11.8 Å². The minimum absolute atomic E-state index is 0.172. The number of ether oxygens (including phenoxy) is 2. The number of imide groups is 1. The standard InChI is InChI=1S/C26H23ClN2O4/c1-15-5-8-17(9-6-15)23-24(28-18-10-7-16(2)22(27)11-18)26(31)29(25(23)30)19-12-20(32-3)14-21(13-19)33-4/h5-14,28H,1-4H3. The highest BCUT2D eigenvalue weighted by Gasteiger charge is 2.40. The summed E-state index contributed by atoms with van der Waals surface area (Å²) in [5, 5.41) is 3.69. The Morgan fingerprint density at radius 1 is 0.818 bits per heavy atom. The molecule has 6 nitrogen and oxygen atoms in total. The van der Waals surface area contributed by atoms with Crippen LogP contribution in [0.1, 0.15) is 16.7 Å². The van der Waals surface area contributed by atoms with E-state index >= 15 is 0 Å². The number of halogens is 1. The number of aryl methyl sites for hydroxylation is 2. The summed E-state index contributed by atoms with van der Waals surface area (Å²) in [4.78, 5) is 28.3. The Bertz CT molecular complexity index is 1260. The van der Waals surface area contributed by atoms with Crippen LogP contribution in [0.5, 0.6) is 11.5 Å². The van der Waals surface area contributed by atoms with Crippen LogP contribution in [0.25, 0.3) is 5.57 Å². The van der Waals surface area contributed by atoms with Crippen LogP contribution in [0, 0.1) is 13.8 Å². The fourth-order valence-corrected chi connectivity index (χ4v) is 3.79. The van der Waals surface area contributed by atoms with Gasteiger partial charge >= 0.3 is 0 Å². The summed E-state index contributed by atoms with van der Waals surface area (Å²) in [5.74, 6) is 0.00423. The summed E-state index contributed by atoms with van der Waals surface area (Å²) in [7, 11) is 3.02. The lowest BCUT2D eigenvalue weighted by atomic mass is 10.0. The Kier molecular flexibility index (Phi) is 6.11. The number of nitrogens with zero attached hydrogens (tertiary/aromatic N) is 1. The van der Waals surface area contributed by atoms with Crippen LogP contribution >= 0.6 is 11.6 Å². The first kappa shape index (κ1) is 22.4. The highest BCUT2D eigenvalue weighted by molar-refractivity contribution is 6.46. The number of methoxy groups -OCH3 is 2. The predicted octanol–water partition coefficient (Wildman–Crippen LogP) is 5.37. The van der Waals surface area contributed by atoms with Crippen molar-refractivity contribution in [3.8, 4) is 11.5 Å². The molecule has 1 aliphatic rings. The average Bonchev–Trinajstić information content (AvgIpc) is 3.05. The third-order valence-electron chi connectivity index (χ3n) is 5.46. The predicted molar refractivity (Wildman–Crippen MR) is 130 cm³/mol. The Hall–Kier alpha value is -3.77. The minimum Gasteiger partial charge on any atom is -0.497 e. The maximum atomic E-state index is 13.6. The third-order valence-corrected chi connectivity index (χ3v) is 5.87. The second-order valence-corrected chi connectivity index (χ2v) is 8.13. The molecule has 1 N–H and O–H groups in total. The molecule has 3 aromatic carbocycles. The van der Waals surface area contributed by atoms with Crippen LogP contribution in [0.15, 0.2) is 66.4 Å². The molecule has 0 radical (unpaired) electrons. The molecule has 1 heterocycles. The van der Waals surface area contributed by atoms with E-state index in [-0.39, 0.29) is 11.3 Å². The molecule has 168 valence electrons. The maximum Gasteiger partial charge on any atom is 0.282 e. The van der Waals surface area contributed by atoms with Gasteiger partial charge < -0.3 is 14.8 Å². The van der Waals surface area contributed by atoms with Crippen LogP contribution in [0.2, 0.25) is 5.02 Å². The van der Waals surface area contributed by atoms with E-state index in [1.807, 2.05) is 50.2 Å². The van der Waals surface area contributed by atoms with Gasteiger partial charge in [-0.2, -0.15) is 0 Å². The maximum absolute atomic E-state index is 13.6. The minimum atomic E-state index is -0.484. The molecule has 0 saturated heterocycles. The quantitative estimate of drug-likeness (QED) is 0.499. The van der Waals surface area contributed by atoms with Gasteiger partial charge in [0.1, 0.15) is 17.2 Å². The lowest BCUT2D eigenvalue weighted by molar-refractivity contribution is -0.120. The van der Waals surface area contributed by atoms with Crippen molar-refractivity contribution in [3.05, 3.63) is 88.1 Å². The largest absolute Gasteiger partial charge is 0.497 e. The van der Waals surface area contributed by atoms with Crippen molar-refractivity contribution in [3.63, 3.8) is 0 Å². The van der Waals surface area contributed by atoms with E-state index in [0.717, 1.165) is 16.0 Å². The topological polar surface area (TPSA) is 67.9 Å². The van der Waals surface area contributed by atoms with Crippen LogP contribution < -0.4 is 19.7 Å². The first-order chi connectivity index (χ1) is 15.8. The molecule has 0 saturated carbocycles. The third kappa shape index (κ3) is 4.30. The second kappa shape index (κ2) is 9.00. The monoisotopic (exact) mass is 462 g/mol. The van der Waals surface area contributed by atoms with Gasteiger partial charge in [-0.1, -0.05) is 47.5 Å². The zero-order valence-electron chi connectivity index (χ0n) is 18.7. The van der Waals surface area contributed by atoms with Gasteiger partial charge in [-0.3, -0.25) is 9.59 Å². The zero-order chi connectivity index (χ0) is 23.7. The molecule has 0 unspecified atom stereocenters. The number of rotatable bonds is 6. The van der Waals surface area contributed by atoms with E-state index in [1.54, 1.807) is 24.3 Å². The van der Waals surface area contributed by atoms with Crippen LogP contribution in [0.4, 0.5) is 11.4 Å². The number of benzene rings is 3. The molecule has 3 aromatic rings. The summed E-state index contributed by atoms with van der Waals surface area (Å²) in [5.41, 5.74) is 4.00. The highest BCUT2D eigenvalue weighted by atomic mass is 35.5. The van der Waals surface area contributed by atoms with Gasteiger partial charge in [-0.15, -0.1) is 0 Å². The van der Waals surface area contributed by atoms with Gasteiger partial charge in [0.2, 0.25) is 0 Å². The molecule has 4 rings (SSSR count). The number of carbonyl (C=O) groups is 2. The number of hydrogen-bond acceptors (Lipinski definition) is 5. The number of carbonyl (C=O) groups excluding carboxylic acids is 2. The van der Waals surface area contributed by atoms with Gasteiger partial charge in [0.15, 0.2) is 0 Å². The molecule has 0 atom stereocenters. The molecule has 0 aliphatic carbocycles. The Morgan fingerprint density at radius 3 is 2.03 bits per heavy atom. The summed E-state index contributed by atoms with van der Waals surface area (Å²) in [6, 6.07) is 17.8. The highest BCUT2D eigenvalue weighted by Crippen LogP contribution is 2.37. The summed E-state index contributed by atoms with van der Waals surface area (Å²) in [6.45, 7) is 3.85. The Balaban J connectivity index is 1.84. The van der Waals surface area contributed by atoms with Crippen molar-refractivity contribution in [1.29, 1.82) is 0 Å². The van der Waals surface area contributed by atoms with Gasteiger partial charge in [0, 0.05) is 28.9 Å². The number of hydrogen-bond donors (Lipinski definition) is 1. The van der Waals surface area contributed by atoms with E-state index in [1.165, 1.54) is 14.2 Å². The van der Waals surface area contributed by atoms with Crippen molar-refractivity contribution in [2.45, 2.75) is 13.8 Å². The van der Waals surface area contributed by atoms with Crippen molar-refractivity contribution in [2.75, 3.05) is 24.4 Å². The normalized spacial score (nSPS) is 13.5. The van der Waals surface area contributed by atoms with Gasteiger partial charge in [-0.25, -0.2) is 4.90 Å². The SMILES string of the molecule is COc1cc(OC)cc(N2C(=O)C(Nc3ccc(C)c(Cl)c3)=C(c3ccc(C)cc3)C2=O)c1. The summed E-state index contributed by atoms with van der Waals surface area (Å²) >= 11 is 6.28. The smallest absolute Gasteiger partial charge is 0.282 e. The summed E-state index contributed by atoms with van der Waals surface area (Å²) in [6.07, 6.45) is 0. The molecule has 0 spiro atoms. The number of nitrogens with one attached hydrogen (secondary N) is 1. The molecular weight excluding hydrogens is 440 g/mol. The first-order valence-corrected chi connectivity index (χ1v) is 10.7. The van der Waals surface area contributed by atoms with E-state index in [0.29, 0.717) is 33.5 Å². The fraction of sp³-hybridized carbons (Fsp3) is 0.154. The van der Waals surface area contributed by atoms with Gasteiger partial charge in [-0.05, 0) is 37.1 Å². The van der Waals surface area contributed by atoms with E-state index in [9.17, 15) is 9.59 Å². The molecule has 0 fully saturated rings. The van der Waals surface area contributed by atoms with E-state index in [4.69, 9.17) is 21.1 Å². The lowest BCUT2D eigenvalue weighted by Gasteiger charge is -2.17. The Morgan fingerprint density at radius 2 is 1.45 bits per heavy atom. The first-order valence-electron chi connectivity index (χ1n) is 10.3. The molecule has 2 amide bonds. The van der Waals surface area contributed by atoms with Crippen molar-refractivity contribution >= 4 is 40.4 Å². The molecule has 7 heteroatoms. The molecule has 0 bridgehead atoms. The van der Waals surface area contributed by atoms with Gasteiger partial charge in [0.25, 0.3) is 11.8 Å². The molecule has 1 aliphatic heterocycles. The molecular formula is C26H23ClN2O4. The molecule has 33 heavy (non-hydrogen) atoms. The van der Waals surface area contributed by atoms with Crippen molar-refractivity contribution in [2.24, 2.45) is 0 Å². The average molecular weight is 463 g/mol. The fourth-order valence-electron chi connectivity index (χ4n) is 3.60. The second-order valence-electron chi connectivity index (χ2n) is 7.72. The van der Waals surface area contributed by atoms with Crippen LogP contribution in [-0.2, 0) is 9.59 Å². The number of amides is 2. The van der Waals surface area contributed by atoms with Gasteiger partial charge in [0.05, 0.1) is 25.5 Å². The zero-order valence-corrected chi connectivity index (χ0v) is 19.5.